The zero-order chi connectivity index (χ0) is 17.0. The molecule has 0 aliphatic heterocycles. The number of hydrazine groups is 1. The van der Waals surface area contributed by atoms with Gasteiger partial charge in [0, 0.05) is 12.5 Å². The van der Waals surface area contributed by atoms with Crippen LogP contribution in [0.4, 0.5) is 4.39 Å². The highest BCUT2D eigenvalue weighted by Crippen LogP contribution is 2.28. The van der Waals surface area contributed by atoms with E-state index in [9.17, 15) is 9.18 Å². The van der Waals surface area contributed by atoms with E-state index in [1.165, 1.54) is 11.1 Å². The summed E-state index contributed by atoms with van der Waals surface area (Å²) in [7, 11) is 0. The van der Waals surface area contributed by atoms with Crippen LogP contribution in [-0.4, -0.2) is 17.0 Å². The maximum absolute atomic E-state index is 13.3. The first-order valence-corrected chi connectivity index (χ1v) is 7.88. The van der Waals surface area contributed by atoms with Gasteiger partial charge in [-0.05, 0) is 49.1 Å². The molecule has 2 N–H and O–H groups in total. The molecule has 2 aromatic carbocycles. The number of benzene rings is 2. The van der Waals surface area contributed by atoms with Crippen molar-refractivity contribution in [2.24, 2.45) is 5.84 Å². The van der Waals surface area contributed by atoms with Gasteiger partial charge in [-0.1, -0.05) is 41.9 Å². The number of carbonyl (C=O) groups is 1. The molecule has 0 bridgehead atoms. The highest BCUT2D eigenvalue weighted by Gasteiger charge is 2.14. The smallest absolute Gasteiger partial charge is 0.237 e. The first-order chi connectivity index (χ1) is 10.9. The van der Waals surface area contributed by atoms with E-state index in [2.05, 4.69) is 0 Å². The van der Waals surface area contributed by atoms with Crippen LogP contribution in [0.3, 0.4) is 0 Å². The molecule has 0 aliphatic rings. The van der Waals surface area contributed by atoms with Gasteiger partial charge < -0.3 is 0 Å². The largest absolute Gasteiger partial charge is 0.278 e. The number of amides is 1. The lowest BCUT2D eigenvalue weighted by Gasteiger charge is -2.21. The summed E-state index contributed by atoms with van der Waals surface area (Å²) in [5.41, 5.74) is 2.77. The van der Waals surface area contributed by atoms with Gasteiger partial charge in [0.05, 0.1) is 5.02 Å². The SMILES string of the molecule is CC(C)N(N)C(=O)CCc1ccccc1-c1ccc(F)c(Cl)c1. The number of hydrogen-bond donors (Lipinski definition) is 1. The van der Waals surface area contributed by atoms with Gasteiger partial charge in [-0.2, -0.15) is 0 Å². The van der Waals surface area contributed by atoms with Crippen molar-refractivity contribution in [3.63, 3.8) is 0 Å². The first-order valence-electron chi connectivity index (χ1n) is 7.50. The highest BCUT2D eigenvalue weighted by atomic mass is 35.5. The van der Waals surface area contributed by atoms with Gasteiger partial charge in [-0.25, -0.2) is 10.2 Å². The van der Waals surface area contributed by atoms with E-state index in [0.717, 1.165) is 16.7 Å². The monoisotopic (exact) mass is 334 g/mol. The zero-order valence-electron chi connectivity index (χ0n) is 13.2. The maximum atomic E-state index is 13.3. The minimum absolute atomic E-state index is 0.0337. The van der Waals surface area contributed by atoms with Crippen molar-refractivity contribution in [3.8, 4) is 11.1 Å². The summed E-state index contributed by atoms with van der Waals surface area (Å²) in [6, 6.07) is 12.3. The molecule has 0 fully saturated rings. The van der Waals surface area contributed by atoms with Crippen LogP contribution in [0.1, 0.15) is 25.8 Å². The molecule has 0 radical (unpaired) electrons. The predicted octanol–water partition coefficient (Wildman–Crippen LogP) is 4.19. The Labute approximate surface area is 140 Å². The molecule has 0 aromatic heterocycles. The molecule has 2 aromatic rings. The minimum Gasteiger partial charge on any atom is -0.278 e. The fourth-order valence-electron chi connectivity index (χ4n) is 2.34. The second-order valence-corrected chi connectivity index (χ2v) is 6.09. The fraction of sp³-hybridized carbons (Fsp3) is 0.278. The molecule has 5 heteroatoms. The van der Waals surface area contributed by atoms with E-state index in [4.69, 9.17) is 17.4 Å². The van der Waals surface area contributed by atoms with Crippen LogP contribution in [0.5, 0.6) is 0 Å². The predicted molar refractivity (Wildman–Crippen MR) is 91.3 cm³/mol. The van der Waals surface area contributed by atoms with Crippen molar-refractivity contribution in [3.05, 3.63) is 58.9 Å². The number of nitrogens with zero attached hydrogens (tertiary/aromatic N) is 1. The molecular weight excluding hydrogens is 315 g/mol. The van der Waals surface area contributed by atoms with E-state index in [1.807, 2.05) is 38.1 Å². The third-order valence-electron chi connectivity index (χ3n) is 3.70. The van der Waals surface area contributed by atoms with Crippen molar-refractivity contribution < 1.29 is 9.18 Å². The van der Waals surface area contributed by atoms with Crippen LogP contribution >= 0.6 is 11.6 Å². The highest BCUT2D eigenvalue weighted by molar-refractivity contribution is 6.31. The van der Waals surface area contributed by atoms with Crippen LogP contribution in [0, 0.1) is 5.82 Å². The summed E-state index contributed by atoms with van der Waals surface area (Å²) < 4.78 is 13.3. The molecule has 0 unspecified atom stereocenters. The molecule has 23 heavy (non-hydrogen) atoms. The Morgan fingerprint density at radius 1 is 1.26 bits per heavy atom. The number of hydrogen-bond acceptors (Lipinski definition) is 2. The summed E-state index contributed by atoms with van der Waals surface area (Å²) >= 11 is 5.87. The Bertz CT molecular complexity index is 703. The third kappa shape index (κ3) is 4.30. The third-order valence-corrected chi connectivity index (χ3v) is 3.99. The first kappa shape index (κ1) is 17.4. The number of aryl methyl sites for hydroxylation is 1. The van der Waals surface area contributed by atoms with Gasteiger partial charge >= 0.3 is 0 Å². The molecule has 3 nitrogen and oxygen atoms in total. The van der Waals surface area contributed by atoms with Gasteiger partial charge in [0.2, 0.25) is 5.91 Å². The summed E-state index contributed by atoms with van der Waals surface area (Å²) in [4.78, 5) is 12.0. The Hall–Kier alpha value is -1.91. The average Bonchev–Trinajstić information content (AvgIpc) is 2.54. The number of rotatable bonds is 5. The average molecular weight is 335 g/mol. The lowest BCUT2D eigenvalue weighted by atomic mass is 9.96. The van der Waals surface area contributed by atoms with Crippen molar-refractivity contribution in [1.82, 2.24) is 5.01 Å². The molecule has 0 heterocycles. The summed E-state index contributed by atoms with van der Waals surface area (Å²) in [5.74, 6) is 5.18. The van der Waals surface area contributed by atoms with Gasteiger partial charge in [0.1, 0.15) is 5.82 Å². The van der Waals surface area contributed by atoms with Crippen LogP contribution in [0.2, 0.25) is 5.02 Å². The molecule has 2 rings (SSSR count). The molecule has 0 saturated carbocycles. The lowest BCUT2D eigenvalue weighted by molar-refractivity contribution is -0.133. The number of carbonyl (C=O) groups excluding carboxylic acids is 1. The number of nitrogens with two attached hydrogens (primary N) is 1. The van der Waals surface area contributed by atoms with Crippen LogP contribution in [0.25, 0.3) is 11.1 Å². The van der Waals surface area contributed by atoms with Crippen molar-refractivity contribution in [2.75, 3.05) is 0 Å². The normalized spacial score (nSPS) is 10.9. The second kappa shape index (κ2) is 7.57. The minimum atomic E-state index is -0.446. The molecule has 122 valence electrons. The zero-order valence-corrected chi connectivity index (χ0v) is 14.0. The van der Waals surface area contributed by atoms with E-state index in [-0.39, 0.29) is 17.0 Å². The van der Waals surface area contributed by atoms with Crippen molar-refractivity contribution in [2.45, 2.75) is 32.7 Å². The van der Waals surface area contributed by atoms with Crippen molar-refractivity contribution in [1.29, 1.82) is 0 Å². The Morgan fingerprint density at radius 3 is 2.61 bits per heavy atom. The summed E-state index contributed by atoms with van der Waals surface area (Å²) in [6.45, 7) is 3.73. The fourth-order valence-corrected chi connectivity index (χ4v) is 2.52. The quantitative estimate of drug-likeness (QED) is 0.506. The van der Waals surface area contributed by atoms with E-state index < -0.39 is 5.82 Å². The van der Waals surface area contributed by atoms with Crippen LogP contribution < -0.4 is 5.84 Å². The van der Waals surface area contributed by atoms with E-state index in [1.54, 1.807) is 12.1 Å². The topological polar surface area (TPSA) is 46.3 Å². The Balaban J connectivity index is 2.21. The standard InChI is InChI=1S/C18H20ClFN2O/c1-12(2)22(21)18(23)10-8-13-5-3-4-6-15(13)14-7-9-17(20)16(19)11-14/h3-7,9,11-12H,8,10,21H2,1-2H3. The summed E-state index contributed by atoms with van der Waals surface area (Å²) in [6.07, 6.45) is 0.880. The van der Waals surface area contributed by atoms with Gasteiger partial charge in [0.15, 0.2) is 0 Å². The van der Waals surface area contributed by atoms with E-state index >= 15 is 0 Å². The molecule has 0 saturated heterocycles. The van der Waals surface area contributed by atoms with Crippen molar-refractivity contribution >= 4 is 17.5 Å². The van der Waals surface area contributed by atoms with Gasteiger partial charge in [-0.3, -0.25) is 9.80 Å². The molecule has 0 aliphatic carbocycles. The Morgan fingerprint density at radius 2 is 1.96 bits per heavy atom. The van der Waals surface area contributed by atoms with Gasteiger partial charge in [-0.15, -0.1) is 0 Å². The van der Waals surface area contributed by atoms with Crippen LogP contribution in [0.15, 0.2) is 42.5 Å². The summed E-state index contributed by atoms with van der Waals surface area (Å²) in [5, 5.41) is 1.33. The molecule has 0 spiro atoms. The maximum Gasteiger partial charge on any atom is 0.237 e. The molecular formula is C18H20ClFN2O. The van der Waals surface area contributed by atoms with Crippen LogP contribution in [-0.2, 0) is 11.2 Å². The van der Waals surface area contributed by atoms with Gasteiger partial charge in [0.25, 0.3) is 0 Å². The number of halogens is 2. The molecule has 1 amide bonds. The van der Waals surface area contributed by atoms with E-state index in [0.29, 0.717) is 12.8 Å². The Kier molecular flexibility index (Phi) is 5.74. The lowest BCUT2D eigenvalue weighted by Crippen LogP contribution is -2.42. The second-order valence-electron chi connectivity index (χ2n) is 5.68. The molecule has 0 atom stereocenters.